The lowest BCUT2D eigenvalue weighted by Crippen LogP contribution is -2.44. The molecule has 0 unspecified atom stereocenters. The highest BCUT2D eigenvalue weighted by Gasteiger charge is 2.53. The van der Waals surface area contributed by atoms with Crippen LogP contribution in [0.1, 0.15) is 33.4 Å². The number of hydrogen-bond acceptors (Lipinski definition) is 4. The number of ether oxygens (including phenoxy) is 2. The molecule has 0 saturated heterocycles. The first-order valence-electron chi connectivity index (χ1n) is 10.7. The van der Waals surface area contributed by atoms with Gasteiger partial charge < -0.3 is 19.7 Å². The molecule has 0 bridgehead atoms. The van der Waals surface area contributed by atoms with E-state index in [0.29, 0.717) is 54.9 Å². The topological polar surface area (TPSA) is 58.9 Å². The molecule has 2 atom stereocenters. The molecule has 0 saturated carbocycles. The molecule has 4 aromatic carbocycles. The predicted molar refractivity (Wildman–Crippen MR) is 133 cm³/mol. The molecular formula is C28H22Cl2O4. The molecule has 0 amide bonds. The Morgan fingerprint density at radius 2 is 0.912 bits per heavy atom. The van der Waals surface area contributed by atoms with E-state index in [0.717, 1.165) is 0 Å². The van der Waals surface area contributed by atoms with Crippen molar-refractivity contribution in [2.24, 2.45) is 0 Å². The molecule has 0 heterocycles. The zero-order valence-corrected chi connectivity index (χ0v) is 20.1. The van der Waals surface area contributed by atoms with Crippen molar-refractivity contribution >= 4 is 23.2 Å². The first-order chi connectivity index (χ1) is 16.3. The minimum Gasteiger partial charge on any atom is -0.497 e. The maximum absolute atomic E-state index is 12.5. The van der Waals surface area contributed by atoms with E-state index in [1.54, 1.807) is 99.1 Å². The monoisotopic (exact) mass is 492 g/mol. The van der Waals surface area contributed by atoms with Gasteiger partial charge in [0.1, 0.15) is 22.7 Å². The summed E-state index contributed by atoms with van der Waals surface area (Å²) in [6, 6.07) is 24.7. The van der Waals surface area contributed by atoms with Crippen LogP contribution in [0.25, 0.3) is 0 Å². The summed E-state index contributed by atoms with van der Waals surface area (Å²) >= 11 is 13.5. The van der Waals surface area contributed by atoms with E-state index in [-0.39, 0.29) is 0 Å². The van der Waals surface area contributed by atoms with Crippen molar-refractivity contribution in [3.8, 4) is 11.5 Å². The maximum atomic E-state index is 12.5. The highest BCUT2D eigenvalue weighted by molar-refractivity contribution is 6.32. The molecule has 0 aromatic heterocycles. The standard InChI is InChI=1S/C28H22Cl2O4/c1-33-19-13-9-17(10-14-19)27(31)21-5-3-8-24(30)26(21)28(32,18-11-15-20(34-2)16-12-18)22-6-4-7-23(29)25(22)27/h3-16,31-32H,1-2H3/t27-,28+. The molecular weight excluding hydrogens is 471 g/mol. The van der Waals surface area contributed by atoms with Gasteiger partial charge in [0.25, 0.3) is 0 Å². The first-order valence-corrected chi connectivity index (χ1v) is 11.4. The van der Waals surface area contributed by atoms with Crippen molar-refractivity contribution in [2.75, 3.05) is 14.2 Å². The summed E-state index contributed by atoms with van der Waals surface area (Å²) in [5.41, 5.74) is -0.499. The lowest BCUT2D eigenvalue weighted by molar-refractivity contribution is 0.0749. The molecule has 1 aliphatic rings. The van der Waals surface area contributed by atoms with E-state index in [9.17, 15) is 10.2 Å². The third kappa shape index (κ3) is 3.14. The predicted octanol–water partition coefficient (Wildman–Crippen LogP) is 5.89. The SMILES string of the molecule is COc1ccc([C@@]2(O)c3cccc(Cl)c3[C@](O)(c3ccc(OC)cc3)c3cccc(Cl)c32)cc1. The summed E-state index contributed by atoms with van der Waals surface area (Å²) in [5.74, 6) is 1.31. The summed E-state index contributed by atoms with van der Waals surface area (Å²) in [6.45, 7) is 0. The minimum atomic E-state index is -1.67. The fourth-order valence-electron chi connectivity index (χ4n) is 4.92. The molecule has 0 aliphatic heterocycles. The van der Waals surface area contributed by atoms with Gasteiger partial charge in [-0.2, -0.15) is 0 Å². The van der Waals surface area contributed by atoms with Crippen LogP contribution in [0.5, 0.6) is 11.5 Å². The Morgan fingerprint density at radius 3 is 1.24 bits per heavy atom. The van der Waals surface area contributed by atoms with Crippen molar-refractivity contribution < 1.29 is 19.7 Å². The molecule has 0 radical (unpaired) electrons. The Labute approximate surface area is 207 Å². The average molecular weight is 493 g/mol. The molecule has 0 spiro atoms. The van der Waals surface area contributed by atoms with Gasteiger partial charge >= 0.3 is 0 Å². The summed E-state index contributed by atoms with van der Waals surface area (Å²) in [5, 5.41) is 25.6. The normalized spacial score (nSPS) is 20.9. The highest BCUT2D eigenvalue weighted by atomic mass is 35.5. The molecule has 6 heteroatoms. The molecule has 1 aliphatic carbocycles. The Bertz CT molecular complexity index is 1260. The van der Waals surface area contributed by atoms with Crippen LogP contribution in [-0.4, -0.2) is 24.4 Å². The van der Waals surface area contributed by atoms with Crippen molar-refractivity contribution in [3.05, 3.63) is 128 Å². The summed E-state index contributed by atoms with van der Waals surface area (Å²) in [6.07, 6.45) is 0. The van der Waals surface area contributed by atoms with E-state index in [2.05, 4.69) is 0 Å². The van der Waals surface area contributed by atoms with E-state index < -0.39 is 11.2 Å². The van der Waals surface area contributed by atoms with Crippen LogP contribution >= 0.6 is 23.2 Å². The number of fused-ring (bicyclic) bond motifs is 2. The van der Waals surface area contributed by atoms with Crippen LogP contribution in [0.4, 0.5) is 0 Å². The van der Waals surface area contributed by atoms with Gasteiger partial charge in [0.05, 0.1) is 14.2 Å². The van der Waals surface area contributed by atoms with Gasteiger partial charge in [-0.15, -0.1) is 0 Å². The molecule has 0 fully saturated rings. The third-order valence-corrected chi connectivity index (χ3v) is 7.18. The van der Waals surface area contributed by atoms with E-state index >= 15 is 0 Å². The van der Waals surface area contributed by atoms with Crippen LogP contribution < -0.4 is 9.47 Å². The van der Waals surface area contributed by atoms with Crippen molar-refractivity contribution in [1.29, 1.82) is 0 Å². The number of rotatable bonds is 4. The Morgan fingerprint density at radius 1 is 0.559 bits per heavy atom. The van der Waals surface area contributed by atoms with Gasteiger partial charge in [0.2, 0.25) is 0 Å². The van der Waals surface area contributed by atoms with Gasteiger partial charge in [-0.1, -0.05) is 71.7 Å². The van der Waals surface area contributed by atoms with Crippen LogP contribution in [-0.2, 0) is 11.2 Å². The van der Waals surface area contributed by atoms with E-state index in [1.165, 1.54) is 0 Å². The number of hydrogen-bond donors (Lipinski definition) is 2. The summed E-state index contributed by atoms with van der Waals surface area (Å²) in [7, 11) is 3.17. The molecule has 2 N–H and O–H groups in total. The van der Waals surface area contributed by atoms with E-state index in [4.69, 9.17) is 32.7 Å². The van der Waals surface area contributed by atoms with E-state index in [1.807, 2.05) is 0 Å². The zero-order valence-electron chi connectivity index (χ0n) is 18.5. The molecule has 5 rings (SSSR count). The fourth-order valence-corrected chi connectivity index (χ4v) is 5.54. The van der Waals surface area contributed by atoms with Crippen LogP contribution in [0.3, 0.4) is 0 Å². The van der Waals surface area contributed by atoms with Gasteiger partial charge in [0, 0.05) is 32.3 Å². The lowest BCUT2D eigenvalue weighted by Gasteiger charge is -2.46. The maximum Gasteiger partial charge on any atom is 0.142 e. The smallest absolute Gasteiger partial charge is 0.142 e. The van der Waals surface area contributed by atoms with Crippen molar-refractivity contribution in [3.63, 3.8) is 0 Å². The zero-order chi connectivity index (χ0) is 24.1. The fraction of sp³-hybridized carbons (Fsp3) is 0.143. The average Bonchev–Trinajstić information content (AvgIpc) is 2.87. The second kappa shape index (κ2) is 8.33. The quantitative estimate of drug-likeness (QED) is 0.372. The van der Waals surface area contributed by atoms with Gasteiger partial charge in [0.15, 0.2) is 0 Å². The largest absolute Gasteiger partial charge is 0.497 e. The second-order valence-electron chi connectivity index (χ2n) is 8.20. The van der Waals surface area contributed by atoms with Crippen LogP contribution in [0.15, 0.2) is 84.9 Å². The lowest BCUT2D eigenvalue weighted by atomic mass is 9.63. The Kier molecular flexibility index (Phi) is 5.58. The van der Waals surface area contributed by atoms with Gasteiger partial charge in [-0.3, -0.25) is 0 Å². The van der Waals surface area contributed by atoms with Gasteiger partial charge in [-0.05, 0) is 47.5 Å². The third-order valence-electron chi connectivity index (χ3n) is 6.55. The minimum absolute atomic E-state index is 0.327. The van der Waals surface area contributed by atoms with Crippen LogP contribution in [0.2, 0.25) is 10.0 Å². The van der Waals surface area contributed by atoms with Crippen molar-refractivity contribution in [2.45, 2.75) is 11.2 Å². The molecule has 34 heavy (non-hydrogen) atoms. The number of halogens is 2. The second-order valence-corrected chi connectivity index (χ2v) is 9.02. The summed E-state index contributed by atoms with van der Waals surface area (Å²) < 4.78 is 10.6. The highest BCUT2D eigenvalue weighted by Crippen LogP contribution is 2.56. The molecule has 4 aromatic rings. The summed E-state index contributed by atoms with van der Waals surface area (Å²) in [4.78, 5) is 0. The number of methoxy groups -OCH3 is 2. The van der Waals surface area contributed by atoms with Crippen molar-refractivity contribution in [1.82, 2.24) is 0 Å². The Balaban J connectivity index is 1.89. The number of aliphatic hydroxyl groups is 2. The first kappa shape index (κ1) is 22.8. The van der Waals surface area contributed by atoms with Gasteiger partial charge in [-0.25, -0.2) is 0 Å². The molecule has 4 nitrogen and oxygen atoms in total. The molecule has 172 valence electrons. The Hall–Kier alpha value is -3.02. The number of benzene rings is 4. The van der Waals surface area contributed by atoms with Crippen LogP contribution in [0, 0.1) is 0 Å².